The van der Waals surface area contributed by atoms with E-state index in [1.807, 2.05) is 0 Å². The number of nitrogens with two attached hydrogens (primary N) is 1. The molecular weight excluding hydrogens is 166 g/mol. The maximum atomic E-state index is 9.57. The number of carboxylic acids is 1. The smallest absolute Gasteiger partial charge is 0.320 e. The minimum absolute atomic E-state index is 0.731. The summed E-state index contributed by atoms with van der Waals surface area (Å²) in [5, 5.41) is 7.87. The second-order valence-corrected chi connectivity index (χ2v) is 3.83. The van der Waals surface area contributed by atoms with Gasteiger partial charge >= 0.3 is 5.97 Å². The van der Waals surface area contributed by atoms with Gasteiger partial charge in [0, 0.05) is 0 Å². The molecule has 3 N–H and O–H groups in total. The molecule has 0 spiro atoms. The van der Waals surface area contributed by atoms with Gasteiger partial charge in [0.15, 0.2) is 0 Å². The van der Waals surface area contributed by atoms with E-state index in [-0.39, 0.29) is 0 Å². The normalized spacial score (nSPS) is 26.0. The van der Waals surface area contributed by atoms with Gasteiger partial charge in [-0.3, -0.25) is 4.79 Å². The highest BCUT2D eigenvalue weighted by Gasteiger charge is 2.22. The minimum Gasteiger partial charge on any atom is -0.480 e. The number of rotatable bonds is 1. The molecule has 2 aliphatic rings. The van der Waals surface area contributed by atoms with Crippen LogP contribution in [0.4, 0.5) is 0 Å². The van der Waals surface area contributed by atoms with E-state index in [0.717, 1.165) is 5.92 Å². The van der Waals surface area contributed by atoms with E-state index in [0.29, 0.717) is 0 Å². The van der Waals surface area contributed by atoms with Crippen LogP contribution < -0.4 is 5.73 Å². The third-order valence-corrected chi connectivity index (χ3v) is 2.55. The van der Waals surface area contributed by atoms with Crippen molar-refractivity contribution in [2.75, 3.05) is 0 Å². The average Bonchev–Trinajstić information content (AvgIpc) is 2.67. The largest absolute Gasteiger partial charge is 0.480 e. The molecule has 2 aliphatic carbocycles. The maximum Gasteiger partial charge on any atom is 0.320 e. The van der Waals surface area contributed by atoms with Gasteiger partial charge in [-0.2, -0.15) is 0 Å². The van der Waals surface area contributed by atoms with Gasteiger partial charge < -0.3 is 10.8 Å². The molecule has 0 aromatic heterocycles. The summed E-state index contributed by atoms with van der Waals surface area (Å²) in [6.45, 7) is 1.42. The molecule has 0 aliphatic heterocycles. The molecule has 0 amide bonds. The van der Waals surface area contributed by atoms with Crippen LogP contribution in [0.1, 0.15) is 32.6 Å². The monoisotopic (exact) mass is 183 g/mol. The van der Waals surface area contributed by atoms with Crippen molar-refractivity contribution in [1.82, 2.24) is 0 Å². The molecule has 1 fully saturated rings. The molecule has 0 radical (unpaired) electrons. The highest BCUT2D eigenvalue weighted by atomic mass is 16.4. The fourth-order valence-electron chi connectivity index (χ4n) is 1.68. The fourth-order valence-corrected chi connectivity index (χ4v) is 1.68. The number of carboxylic acid groups (broad SMARTS) is 1. The third-order valence-electron chi connectivity index (χ3n) is 2.55. The molecule has 0 heterocycles. The standard InChI is InChI=1S/C7H10.C3H7NO2/c1-2-7-4-3-6(1)5-7;1-2(4)3(5)6/h1,7H,2-5H2;2H,4H2,1H3,(H,5,6). The van der Waals surface area contributed by atoms with Crippen molar-refractivity contribution in [3.05, 3.63) is 11.6 Å². The van der Waals surface area contributed by atoms with Gasteiger partial charge in [0.05, 0.1) is 0 Å². The molecule has 0 saturated heterocycles. The summed E-state index contributed by atoms with van der Waals surface area (Å²) in [5.74, 6) is 0.116. The molecule has 13 heavy (non-hydrogen) atoms. The van der Waals surface area contributed by atoms with Crippen LogP contribution in [0, 0.1) is 5.92 Å². The van der Waals surface area contributed by atoms with Crippen LogP contribution in [0.25, 0.3) is 0 Å². The van der Waals surface area contributed by atoms with Gasteiger partial charge in [-0.1, -0.05) is 11.6 Å². The van der Waals surface area contributed by atoms with E-state index in [2.05, 4.69) is 6.08 Å². The van der Waals surface area contributed by atoms with Crippen LogP contribution in [-0.4, -0.2) is 17.1 Å². The Hall–Kier alpha value is -0.830. The van der Waals surface area contributed by atoms with Gasteiger partial charge in [0.1, 0.15) is 6.04 Å². The van der Waals surface area contributed by atoms with Crippen LogP contribution >= 0.6 is 0 Å². The first kappa shape index (κ1) is 10.3. The lowest BCUT2D eigenvalue weighted by Crippen LogP contribution is -2.25. The summed E-state index contributed by atoms with van der Waals surface area (Å²) in [7, 11) is 0. The topological polar surface area (TPSA) is 63.3 Å². The Morgan fingerprint density at radius 2 is 2.38 bits per heavy atom. The molecule has 3 nitrogen and oxygen atoms in total. The predicted octanol–water partition coefficient (Wildman–Crippen LogP) is 1.53. The first-order valence-corrected chi connectivity index (χ1v) is 4.76. The molecule has 2 rings (SSSR count). The molecule has 2 atom stereocenters. The SMILES string of the molecule is C1=C2CCC(C1)C2.CC(N)C(=O)O. The van der Waals surface area contributed by atoms with Crippen molar-refractivity contribution in [1.29, 1.82) is 0 Å². The van der Waals surface area contributed by atoms with Crippen molar-refractivity contribution < 1.29 is 9.90 Å². The summed E-state index contributed by atoms with van der Waals surface area (Å²) in [6.07, 6.45) is 8.18. The summed E-state index contributed by atoms with van der Waals surface area (Å²) in [5.41, 5.74) is 6.58. The highest BCUT2D eigenvalue weighted by molar-refractivity contribution is 5.72. The van der Waals surface area contributed by atoms with Crippen molar-refractivity contribution >= 4 is 5.97 Å². The molecule has 1 saturated carbocycles. The molecule has 2 bridgehead atoms. The Kier molecular flexibility index (Phi) is 3.48. The van der Waals surface area contributed by atoms with Crippen LogP contribution in [0.15, 0.2) is 11.6 Å². The highest BCUT2D eigenvalue weighted by Crippen LogP contribution is 2.38. The predicted molar refractivity (Wildman–Crippen MR) is 51.3 cm³/mol. The zero-order valence-corrected chi connectivity index (χ0v) is 7.99. The van der Waals surface area contributed by atoms with Crippen LogP contribution in [0.3, 0.4) is 0 Å². The van der Waals surface area contributed by atoms with Crippen molar-refractivity contribution in [3.63, 3.8) is 0 Å². The van der Waals surface area contributed by atoms with Crippen molar-refractivity contribution in [2.45, 2.75) is 38.6 Å². The lowest BCUT2D eigenvalue weighted by Gasteiger charge is -1.98. The second-order valence-electron chi connectivity index (χ2n) is 3.83. The first-order valence-electron chi connectivity index (χ1n) is 4.76. The van der Waals surface area contributed by atoms with E-state index < -0.39 is 12.0 Å². The van der Waals surface area contributed by atoms with E-state index >= 15 is 0 Å². The lowest BCUT2D eigenvalue weighted by atomic mass is 10.1. The Balaban J connectivity index is 0.000000133. The summed E-state index contributed by atoms with van der Waals surface area (Å²) < 4.78 is 0. The van der Waals surface area contributed by atoms with Gasteiger partial charge in [-0.15, -0.1) is 0 Å². The zero-order valence-electron chi connectivity index (χ0n) is 7.99. The Bertz CT molecular complexity index is 221. The first-order chi connectivity index (χ1) is 6.09. The maximum absolute atomic E-state index is 9.57. The Labute approximate surface area is 78.6 Å². The number of allylic oxidation sites excluding steroid dienone is 2. The van der Waals surface area contributed by atoms with Crippen LogP contribution in [0.5, 0.6) is 0 Å². The Morgan fingerprint density at radius 1 is 1.77 bits per heavy atom. The third kappa shape index (κ3) is 3.19. The van der Waals surface area contributed by atoms with Gasteiger partial charge in [-0.25, -0.2) is 0 Å². The molecule has 0 aromatic carbocycles. The zero-order chi connectivity index (χ0) is 9.84. The van der Waals surface area contributed by atoms with Gasteiger partial charge in [0.2, 0.25) is 0 Å². The van der Waals surface area contributed by atoms with E-state index in [1.54, 1.807) is 5.57 Å². The number of aliphatic carboxylic acids is 1. The fraction of sp³-hybridized carbons (Fsp3) is 0.700. The molecule has 2 unspecified atom stereocenters. The van der Waals surface area contributed by atoms with E-state index in [9.17, 15) is 4.79 Å². The Morgan fingerprint density at radius 3 is 2.46 bits per heavy atom. The number of hydrogen-bond donors (Lipinski definition) is 2. The lowest BCUT2D eigenvalue weighted by molar-refractivity contribution is -0.138. The number of hydrogen-bond acceptors (Lipinski definition) is 2. The average molecular weight is 183 g/mol. The number of fused-ring (bicyclic) bond motifs is 2. The van der Waals surface area contributed by atoms with Crippen LogP contribution in [0.2, 0.25) is 0 Å². The minimum atomic E-state index is -0.963. The molecule has 3 heteroatoms. The van der Waals surface area contributed by atoms with Crippen LogP contribution in [-0.2, 0) is 4.79 Å². The summed E-state index contributed by atoms with van der Waals surface area (Å²) >= 11 is 0. The van der Waals surface area contributed by atoms with Crippen molar-refractivity contribution in [3.8, 4) is 0 Å². The molecule has 74 valence electrons. The van der Waals surface area contributed by atoms with E-state index in [1.165, 1.54) is 32.6 Å². The number of carbonyl (C=O) groups is 1. The molecule has 0 aromatic rings. The summed E-state index contributed by atoms with van der Waals surface area (Å²) in [4.78, 5) is 9.57. The van der Waals surface area contributed by atoms with Gasteiger partial charge in [-0.05, 0) is 38.5 Å². The quantitative estimate of drug-likeness (QED) is 0.606. The molecular formula is C10H17NO2. The van der Waals surface area contributed by atoms with Gasteiger partial charge in [0.25, 0.3) is 0 Å². The summed E-state index contributed by atoms with van der Waals surface area (Å²) in [6, 6.07) is -0.731. The van der Waals surface area contributed by atoms with E-state index in [4.69, 9.17) is 10.8 Å². The second kappa shape index (κ2) is 4.42. The van der Waals surface area contributed by atoms with Crippen molar-refractivity contribution in [2.24, 2.45) is 11.7 Å².